The van der Waals surface area contributed by atoms with Gasteiger partial charge in [-0.3, -0.25) is 4.79 Å². The highest BCUT2D eigenvalue weighted by Gasteiger charge is 2.29. The van der Waals surface area contributed by atoms with E-state index in [1.807, 2.05) is 25.6 Å². The molecule has 1 aliphatic carbocycles. The van der Waals surface area contributed by atoms with Crippen LogP contribution in [0.5, 0.6) is 0 Å². The number of nitrogens with zero attached hydrogens (tertiary/aromatic N) is 2. The topological polar surface area (TPSA) is 54.9 Å². The predicted octanol–water partition coefficient (Wildman–Crippen LogP) is 3.66. The summed E-state index contributed by atoms with van der Waals surface area (Å²) in [6, 6.07) is 0.219. The third kappa shape index (κ3) is 4.10. The van der Waals surface area contributed by atoms with E-state index >= 15 is 0 Å². The fourth-order valence-corrected chi connectivity index (χ4v) is 3.93. The third-order valence-electron chi connectivity index (χ3n) is 3.64. The van der Waals surface area contributed by atoms with Crippen molar-refractivity contribution in [3.8, 4) is 0 Å². The SMILES string of the molecule is CCSC1CCCC1NC(=O)c1nc(C(C)C)ncc1Cl. The number of rotatable bonds is 5. The van der Waals surface area contributed by atoms with Crippen LogP contribution in [0.2, 0.25) is 5.02 Å². The molecule has 1 saturated carbocycles. The molecule has 1 aromatic rings. The summed E-state index contributed by atoms with van der Waals surface area (Å²) < 4.78 is 0. The van der Waals surface area contributed by atoms with Gasteiger partial charge in [-0.1, -0.05) is 38.8 Å². The van der Waals surface area contributed by atoms with Crippen LogP contribution in [0.25, 0.3) is 0 Å². The third-order valence-corrected chi connectivity index (χ3v) is 5.25. The minimum absolute atomic E-state index is 0.170. The van der Waals surface area contributed by atoms with Gasteiger partial charge in [-0.25, -0.2) is 9.97 Å². The average molecular weight is 328 g/mol. The van der Waals surface area contributed by atoms with Crippen LogP contribution in [-0.4, -0.2) is 32.9 Å². The number of aromatic nitrogens is 2. The molecular weight excluding hydrogens is 306 g/mol. The summed E-state index contributed by atoms with van der Waals surface area (Å²) in [7, 11) is 0. The quantitative estimate of drug-likeness (QED) is 0.896. The van der Waals surface area contributed by atoms with Gasteiger partial charge in [0, 0.05) is 17.2 Å². The molecule has 1 N–H and O–H groups in total. The molecule has 116 valence electrons. The maximum atomic E-state index is 12.5. The standard InChI is InChI=1S/C15H22ClN3OS/c1-4-21-12-7-5-6-11(12)18-15(20)13-10(16)8-17-14(19-13)9(2)3/h8-9,11-12H,4-7H2,1-3H3,(H,18,20). The zero-order valence-electron chi connectivity index (χ0n) is 12.7. The van der Waals surface area contributed by atoms with Gasteiger partial charge >= 0.3 is 0 Å². The average Bonchev–Trinajstić information content (AvgIpc) is 2.86. The Hall–Kier alpha value is -0.810. The first-order valence-electron chi connectivity index (χ1n) is 7.47. The first-order chi connectivity index (χ1) is 10.0. The number of halogens is 1. The normalized spacial score (nSPS) is 21.8. The molecule has 0 bridgehead atoms. The van der Waals surface area contributed by atoms with Gasteiger partial charge in [0.15, 0.2) is 0 Å². The van der Waals surface area contributed by atoms with Crippen LogP contribution in [0.3, 0.4) is 0 Å². The van der Waals surface area contributed by atoms with Gasteiger partial charge in [0.25, 0.3) is 5.91 Å². The Bertz CT molecular complexity index is 510. The highest BCUT2D eigenvalue weighted by molar-refractivity contribution is 7.99. The molecule has 1 fully saturated rings. The molecule has 2 unspecified atom stereocenters. The number of nitrogens with one attached hydrogen (secondary N) is 1. The lowest BCUT2D eigenvalue weighted by molar-refractivity contribution is 0.0933. The molecule has 0 aliphatic heterocycles. The lowest BCUT2D eigenvalue weighted by Crippen LogP contribution is -2.39. The fraction of sp³-hybridized carbons (Fsp3) is 0.667. The molecule has 1 aromatic heterocycles. The van der Waals surface area contributed by atoms with E-state index in [4.69, 9.17) is 11.6 Å². The van der Waals surface area contributed by atoms with Crippen molar-refractivity contribution in [3.05, 3.63) is 22.7 Å². The van der Waals surface area contributed by atoms with Crippen molar-refractivity contribution in [2.45, 2.75) is 57.2 Å². The number of amides is 1. The lowest BCUT2D eigenvalue weighted by atomic mass is 10.2. The molecule has 2 atom stereocenters. The number of thioether (sulfide) groups is 1. The van der Waals surface area contributed by atoms with E-state index in [0.717, 1.165) is 25.0 Å². The van der Waals surface area contributed by atoms with E-state index in [0.29, 0.717) is 21.8 Å². The summed E-state index contributed by atoms with van der Waals surface area (Å²) in [5.41, 5.74) is 0.294. The Morgan fingerprint density at radius 1 is 1.52 bits per heavy atom. The second-order valence-electron chi connectivity index (χ2n) is 5.58. The predicted molar refractivity (Wildman–Crippen MR) is 88.2 cm³/mol. The Labute approximate surface area is 135 Å². The molecule has 1 aliphatic rings. The van der Waals surface area contributed by atoms with Crippen LogP contribution in [0.4, 0.5) is 0 Å². The van der Waals surface area contributed by atoms with Gasteiger partial charge in [0.05, 0.1) is 11.2 Å². The van der Waals surface area contributed by atoms with Crippen molar-refractivity contribution >= 4 is 29.3 Å². The number of hydrogen-bond donors (Lipinski definition) is 1. The minimum Gasteiger partial charge on any atom is -0.347 e. The summed E-state index contributed by atoms with van der Waals surface area (Å²) in [4.78, 5) is 20.9. The van der Waals surface area contributed by atoms with Crippen molar-refractivity contribution in [3.63, 3.8) is 0 Å². The van der Waals surface area contributed by atoms with Crippen molar-refractivity contribution < 1.29 is 4.79 Å². The molecule has 0 saturated heterocycles. The van der Waals surface area contributed by atoms with Crippen LogP contribution in [0, 0.1) is 0 Å². The van der Waals surface area contributed by atoms with E-state index < -0.39 is 0 Å². The molecule has 1 amide bonds. The molecular formula is C15H22ClN3OS. The van der Waals surface area contributed by atoms with E-state index in [2.05, 4.69) is 22.2 Å². The first-order valence-corrected chi connectivity index (χ1v) is 8.90. The van der Waals surface area contributed by atoms with Crippen LogP contribution >= 0.6 is 23.4 Å². The smallest absolute Gasteiger partial charge is 0.271 e. The first kappa shape index (κ1) is 16.6. The van der Waals surface area contributed by atoms with Gasteiger partial charge in [-0.05, 0) is 18.6 Å². The largest absolute Gasteiger partial charge is 0.347 e. The molecule has 4 nitrogen and oxygen atoms in total. The Kier molecular flexibility index (Phi) is 5.88. The zero-order valence-corrected chi connectivity index (χ0v) is 14.3. The van der Waals surface area contributed by atoms with Crippen LogP contribution < -0.4 is 5.32 Å². The fourth-order valence-electron chi connectivity index (χ4n) is 2.56. The van der Waals surface area contributed by atoms with Gasteiger partial charge in [0.2, 0.25) is 0 Å². The second-order valence-corrected chi connectivity index (χ2v) is 7.51. The van der Waals surface area contributed by atoms with Gasteiger partial charge in [-0.2, -0.15) is 11.8 Å². The maximum Gasteiger partial charge on any atom is 0.271 e. The number of carbonyl (C=O) groups excluding carboxylic acids is 1. The van der Waals surface area contributed by atoms with Gasteiger partial charge in [0.1, 0.15) is 11.5 Å². The molecule has 2 rings (SSSR count). The summed E-state index contributed by atoms with van der Waals surface area (Å²) in [6.45, 7) is 6.14. The Balaban J connectivity index is 2.11. The highest BCUT2D eigenvalue weighted by Crippen LogP contribution is 2.30. The monoisotopic (exact) mass is 327 g/mol. The van der Waals surface area contributed by atoms with Crippen LogP contribution in [-0.2, 0) is 0 Å². The maximum absolute atomic E-state index is 12.5. The molecule has 21 heavy (non-hydrogen) atoms. The van der Waals surface area contributed by atoms with E-state index in [1.54, 1.807) is 0 Å². The van der Waals surface area contributed by atoms with E-state index in [9.17, 15) is 4.79 Å². The number of hydrogen-bond acceptors (Lipinski definition) is 4. The lowest BCUT2D eigenvalue weighted by Gasteiger charge is -2.20. The molecule has 0 spiro atoms. The minimum atomic E-state index is -0.182. The van der Waals surface area contributed by atoms with Crippen molar-refractivity contribution in [1.29, 1.82) is 0 Å². The van der Waals surface area contributed by atoms with Gasteiger partial charge < -0.3 is 5.32 Å². The van der Waals surface area contributed by atoms with Crippen molar-refractivity contribution in [2.75, 3.05) is 5.75 Å². The summed E-state index contributed by atoms with van der Waals surface area (Å²) in [6.07, 6.45) is 4.88. The van der Waals surface area contributed by atoms with E-state index in [-0.39, 0.29) is 17.9 Å². The van der Waals surface area contributed by atoms with Crippen LogP contribution in [0.15, 0.2) is 6.20 Å². The molecule has 0 aromatic carbocycles. The summed E-state index contributed by atoms with van der Waals surface area (Å²) in [5, 5.41) is 3.92. The number of carbonyl (C=O) groups is 1. The second kappa shape index (κ2) is 7.45. The molecule has 6 heteroatoms. The van der Waals surface area contributed by atoms with Crippen molar-refractivity contribution in [2.24, 2.45) is 0 Å². The van der Waals surface area contributed by atoms with Crippen LogP contribution in [0.1, 0.15) is 62.3 Å². The molecule has 1 heterocycles. The van der Waals surface area contributed by atoms with E-state index in [1.165, 1.54) is 6.20 Å². The van der Waals surface area contributed by atoms with Gasteiger partial charge in [-0.15, -0.1) is 0 Å². The Morgan fingerprint density at radius 3 is 2.95 bits per heavy atom. The highest BCUT2D eigenvalue weighted by atomic mass is 35.5. The summed E-state index contributed by atoms with van der Waals surface area (Å²) >= 11 is 8.00. The summed E-state index contributed by atoms with van der Waals surface area (Å²) in [5.74, 6) is 1.71. The molecule has 0 radical (unpaired) electrons. The zero-order chi connectivity index (χ0) is 15.4. The van der Waals surface area contributed by atoms with Crippen molar-refractivity contribution in [1.82, 2.24) is 15.3 Å². The Morgan fingerprint density at radius 2 is 2.29 bits per heavy atom.